The molecule has 0 spiro atoms. The van der Waals surface area contributed by atoms with E-state index in [0.717, 1.165) is 19.6 Å². The molecule has 2 rings (SSSR count). The van der Waals surface area contributed by atoms with Crippen LogP contribution >= 0.6 is 0 Å². The molecule has 0 aromatic carbocycles. The first kappa shape index (κ1) is 15.2. The molecule has 0 aromatic heterocycles. The van der Waals surface area contributed by atoms with Crippen molar-refractivity contribution in [3.63, 3.8) is 0 Å². The highest BCUT2D eigenvalue weighted by Crippen LogP contribution is 2.36. The third kappa shape index (κ3) is 3.46. The third-order valence-corrected chi connectivity index (χ3v) is 4.55. The number of hydrogen-bond acceptors (Lipinski definition) is 2. The Kier molecular flexibility index (Phi) is 4.51. The molecule has 1 atom stereocenters. The minimum Gasteiger partial charge on any atom is -0.295 e. The topological polar surface area (TPSA) is 6.48 Å². The summed E-state index contributed by atoms with van der Waals surface area (Å²) >= 11 is 0. The maximum atomic E-state index is 14.3. The highest BCUT2D eigenvalue weighted by atomic mass is 19.3. The van der Waals surface area contributed by atoms with Crippen LogP contribution in [0.1, 0.15) is 40.5 Å². The van der Waals surface area contributed by atoms with Gasteiger partial charge in [-0.3, -0.25) is 9.80 Å². The quantitative estimate of drug-likeness (QED) is 0.777. The van der Waals surface area contributed by atoms with Gasteiger partial charge >= 0.3 is 0 Å². The van der Waals surface area contributed by atoms with Gasteiger partial charge in [-0.2, -0.15) is 0 Å². The summed E-state index contributed by atoms with van der Waals surface area (Å²) in [5, 5.41) is 0. The van der Waals surface area contributed by atoms with Gasteiger partial charge in [0, 0.05) is 25.7 Å². The summed E-state index contributed by atoms with van der Waals surface area (Å²) in [6.07, 6.45) is 1.78. The highest BCUT2D eigenvalue weighted by Gasteiger charge is 2.50. The molecule has 112 valence electrons. The summed E-state index contributed by atoms with van der Waals surface area (Å²) in [5.74, 6) is -1.24. The van der Waals surface area contributed by atoms with Gasteiger partial charge in [0.2, 0.25) is 0 Å². The summed E-state index contributed by atoms with van der Waals surface area (Å²) in [4.78, 5) is 3.92. The molecule has 0 bridgehead atoms. The van der Waals surface area contributed by atoms with Gasteiger partial charge < -0.3 is 0 Å². The van der Waals surface area contributed by atoms with Gasteiger partial charge in [-0.25, -0.2) is 8.78 Å². The van der Waals surface area contributed by atoms with E-state index >= 15 is 0 Å². The normalized spacial score (nSPS) is 30.0. The fraction of sp³-hybridized carbons (Fsp3) is 1.00. The maximum Gasteiger partial charge on any atom is 0.275 e. The molecule has 2 nitrogen and oxygen atoms in total. The lowest BCUT2D eigenvalue weighted by Gasteiger charge is -2.51. The predicted molar refractivity (Wildman–Crippen MR) is 74.6 cm³/mol. The van der Waals surface area contributed by atoms with Gasteiger partial charge in [-0.1, -0.05) is 13.8 Å². The zero-order valence-corrected chi connectivity index (χ0v) is 12.7. The minimum absolute atomic E-state index is 0.0688. The van der Waals surface area contributed by atoms with Crippen LogP contribution in [0.4, 0.5) is 8.78 Å². The molecule has 19 heavy (non-hydrogen) atoms. The third-order valence-electron chi connectivity index (χ3n) is 4.55. The van der Waals surface area contributed by atoms with Crippen LogP contribution in [0.25, 0.3) is 0 Å². The molecular formula is C15H28F2N2. The van der Waals surface area contributed by atoms with Crippen LogP contribution in [0, 0.1) is 11.8 Å². The second kappa shape index (κ2) is 5.65. The number of likely N-dealkylation sites (tertiary alicyclic amines) is 2. The lowest BCUT2D eigenvalue weighted by molar-refractivity contribution is -0.154. The van der Waals surface area contributed by atoms with Crippen molar-refractivity contribution in [3.8, 4) is 0 Å². The van der Waals surface area contributed by atoms with Crippen LogP contribution in [-0.4, -0.2) is 54.0 Å². The van der Waals surface area contributed by atoms with Crippen LogP contribution in [0.2, 0.25) is 0 Å². The first-order valence-corrected chi connectivity index (χ1v) is 7.65. The molecule has 2 aliphatic rings. The van der Waals surface area contributed by atoms with E-state index in [1.54, 1.807) is 0 Å². The van der Waals surface area contributed by atoms with Crippen molar-refractivity contribution in [1.82, 2.24) is 9.80 Å². The zero-order chi connectivity index (χ0) is 14.2. The molecule has 0 aromatic rings. The van der Waals surface area contributed by atoms with Crippen molar-refractivity contribution in [2.45, 2.75) is 58.5 Å². The van der Waals surface area contributed by atoms with E-state index in [0.29, 0.717) is 18.3 Å². The van der Waals surface area contributed by atoms with Crippen LogP contribution < -0.4 is 0 Å². The molecule has 2 fully saturated rings. The number of piperidine rings is 1. The molecule has 2 aliphatic heterocycles. The van der Waals surface area contributed by atoms with E-state index in [-0.39, 0.29) is 12.6 Å². The molecule has 0 aliphatic carbocycles. The lowest BCUT2D eigenvalue weighted by Crippen LogP contribution is -2.64. The van der Waals surface area contributed by atoms with Gasteiger partial charge in [0.05, 0.1) is 12.6 Å². The van der Waals surface area contributed by atoms with Crippen molar-refractivity contribution in [2.24, 2.45) is 11.8 Å². The number of hydrogen-bond donors (Lipinski definition) is 0. The summed E-state index contributed by atoms with van der Waals surface area (Å²) < 4.78 is 28.5. The maximum absolute atomic E-state index is 14.3. The van der Waals surface area contributed by atoms with Crippen molar-refractivity contribution >= 4 is 0 Å². The smallest absolute Gasteiger partial charge is 0.275 e. The van der Waals surface area contributed by atoms with Gasteiger partial charge in [0.15, 0.2) is 0 Å². The molecule has 0 amide bonds. The van der Waals surface area contributed by atoms with E-state index in [9.17, 15) is 8.78 Å². The highest BCUT2D eigenvalue weighted by molar-refractivity contribution is 4.98. The summed E-state index contributed by atoms with van der Waals surface area (Å²) in [5.41, 5.74) is 0. The average Bonchev–Trinajstić information content (AvgIpc) is 2.22. The first-order chi connectivity index (χ1) is 8.79. The van der Waals surface area contributed by atoms with Crippen LogP contribution in [0.15, 0.2) is 0 Å². The zero-order valence-electron chi connectivity index (χ0n) is 12.7. The Hall–Kier alpha value is -0.220. The molecule has 0 radical (unpaired) electrons. The summed E-state index contributed by atoms with van der Waals surface area (Å²) in [7, 11) is 0. The number of halogens is 2. The summed E-state index contributed by atoms with van der Waals surface area (Å²) in [6.45, 7) is 10.9. The molecule has 2 heterocycles. The van der Waals surface area contributed by atoms with Crippen LogP contribution in [0.5, 0.6) is 0 Å². The lowest BCUT2D eigenvalue weighted by atomic mass is 9.86. The Morgan fingerprint density at radius 3 is 2.26 bits per heavy atom. The van der Waals surface area contributed by atoms with E-state index in [1.165, 1.54) is 6.42 Å². The van der Waals surface area contributed by atoms with Crippen molar-refractivity contribution in [1.29, 1.82) is 0 Å². The van der Waals surface area contributed by atoms with Crippen molar-refractivity contribution in [3.05, 3.63) is 0 Å². The molecule has 0 saturated carbocycles. The Labute approximate surface area is 116 Å². The molecule has 1 unspecified atom stereocenters. The molecular weight excluding hydrogens is 246 g/mol. The molecule has 2 saturated heterocycles. The van der Waals surface area contributed by atoms with E-state index in [2.05, 4.69) is 13.8 Å². The minimum atomic E-state index is -2.55. The second-order valence-corrected chi connectivity index (χ2v) is 7.08. The second-order valence-electron chi connectivity index (χ2n) is 7.08. The van der Waals surface area contributed by atoms with E-state index in [4.69, 9.17) is 0 Å². The Morgan fingerprint density at radius 1 is 1.16 bits per heavy atom. The van der Waals surface area contributed by atoms with E-state index < -0.39 is 12.0 Å². The Bertz CT molecular complexity index is 299. The molecule has 4 heteroatoms. The van der Waals surface area contributed by atoms with Crippen molar-refractivity contribution in [2.75, 3.05) is 26.2 Å². The Balaban J connectivity index is 1.86. The van der Waals surface area contributed by atoms with Gasteiger partial charge in [0.1, 0.15) is 0 Å². The number of rotatable bonds is 4. The van der Waals surface area contributed by atoms with Crippen LogP contribution in [0.3, 0.4) is 0 Å². The average molecular weight is 274 g/mol. The summed E-state index contributed by atoms with van der Waals surface area (Å²) in [6, 6.07) is -0.303. The van der Waals surface area contributed by atoms with Gasteiger partial charge in [-0.15, -0.1) is 0 Å². The number of alkyl halides is 2. The number of nitrogens with zero attached hydrogens (tertiary/aromatic N) is 2. The predicted octanol–water partition coefficient (Wildman–Crippen LogP) is 3.08. The SMILES string of the molecule is CC(C)CC1CN(C2CCN(C(C)C)CC2(F)F)C1. The van der Waals surface area contributed by atoms with Crippen LogP contribution in [-0.2, 0) is 0 Å². The largest absolute Gasteiger partial charge is 0.295 e. The standard InChI is InChI=1S/C15H28F2N2/c1-11(2)7-13-8-19(9-13)14-5-6-18(12(3)4)10-15(14,16)17/h11-14H,5-10H2,1-4H3. The fourth-order valence-corrected chi connectivity index (χ4v) is 3.52. The van der Waals surface area contributed by atoms with E-state index in [1.807, 2.05) is 23.6 Å². The fourth-order valence-electron chi connectivity index (χ4n) is 3.52. The van der Waals surface area contributed by atoms with Crippen molar-refractivity contribution < 1.29 is 8.78 Å². The van der Waals surface area contributed by atoms with Gasteiger partial charge in [-0.05, 0) is 38.5 Å². The first-order valence-electron chi connectivity index (χ1n) is 7.65. The monoisotopic (exact) mass is 274 g/mol. The Morgan fingerprint density at radius 2 is 1.79 bits per heavy atom. The molecule has 0 N–H and O–H groups in total. The van der Waals surface area contributed by atoms with Gasteiger partial charge in [0.25, 0.3) is 5.92 Å².